The summed E-state index contributed by atoms with van der Waals surface area (Å²) in [7, 11) is 1.22. The molecule has 1 saturated heterocycles. The van der Waals surface area contributed by atoms with Gasteiger partial charge in [0.15, 0.2) is 0 Å². The summed E-state index contributed by atoms with van der Waals surface area (Å²) in [5, 5.41) is 0. The van der Waals surface area contributed by atoms with Gasteiger partial charge in [0, 0.05) is 24.7 Å². The van der Waals surface area contributed by atoms with Gasteiger partial charge in [-0.3, -0.25) is 0 Å². The molecule has 1 aromatic rings. The van der Waals surface area contributed by atoms with Gasteiger partial charge < -0.3 is 14.4 Å². The number of aromatic nitrogens is 1. The minimum Gasteiger partial charge on any atom is -0.466 e. The number of esters is 1. The highest BCUT2D eigenvalue weighted by atomic mass is 19.4. The third kappa shape index (κ3) is 3.97. The van der Waals surface area contributed by atoms with Crippen LogP contribution in [-0.4, -0.2) is 44.4 Å². The molecular formula is C14H15F3N2O3. The van der Waals surface area contributed by atoms with Gasteiger partial charge in [0.05, 0.1) is 20.3 Å². The largest absolute Gasteiger partial charge is 0.466 e. The fourth-order valence-corrected chi connectivity index (χ4v) is 2.00. The van der Waals surface area contributed by atoms with Crippen LogP contribution in [0.2, 0.25) is 0 Å². The summed E-state index contributed by atoms with van der Waals surface area (Å²) in [6.45, 7) is 1.71. The van der Waals surface area contributed by atoms with Crippen molar-refractivity contribution in [1.29, 1.82) is 0 Å². The molecule has 1 aliphatic rings. The summed E-state index contributed by atoms with van der Waals surface area (Å²) in [4.78, 5) is 16.6. The summed E-state index contributed by atoms with van der Waals surface area (Å²) >= 11 is 0. The fourth-order valence-electron chi connectivity index (χ4n) is 2.00. The minimum absolute atomic E-state index is 0.179. The standard InChI is InChI=1S/C14H15F3N2O3/c1-21-12(20)5-3-10-2-4-11(14(15,16)17)18-13(10)19-6-8-22-9-7-19/h2-5H,6-9H2,1H3/b5-3+. The molecule has 2 rings (SSSR count). The third-order valence-corrected chi connectivity index (χ3v) is 3.11. The summed E-state index contributed by atoms with van der Waals surface area (Å²) in [5.41, 5.74) is -0.551. The molecule has 1 aromatic heterocycles. The molecule has 0 radical (unpaired) electrons. The monoisotopic (exact) mass is 316 g/mol. The molecule has 8 heteroatoms. The van der Waals surface area contributed by atoms with Crippen molar-refractivity contribution in [3.8, 4) is 0 Å². The third-order valence-electron chi connectivity index (χ3n) is 3.11. The van der Waals surface area contributed by atoms with Crippen LogP contribution in [0.4, 0.5) is 19.0 Å². The molecule has 0 spiro atoms. The van der Waals surface area contributed by atoms with E-state index in [1.807, 2.05) is 0 Å². The van der Waals surface area contributed by atoms with E-state index in [9.17, 15) is 18.0 Å². The molecule has 2 heterocycles. The second-order valence-electron chi connectivity index (χ2n) is 4.56. The van der Waals surface area contributed by atoms with Crippen molar-refractivity contribution in [2.75, 3.05) is 38.3 Å². The van der Waals surface area contributed by atoms with Crippen molar-refractivity contribution in [2.45, 2.75) is 6.18 Å². The Balaban J connectivity index is 2.38. The van der Waals surface area contributed by atoms with Crippen molar-refractivity contribution in [3.63, 3.8) is 0 Å². The van der Waals surface area contributed by atoms with Crippen molar-refractivity contribution in [2.24, 2.45) is 0 Å². The molecule has 0 amide bonds. The lowest BCUT2D eigenvalue weighted by Gasteiger charge is -2.29. The van der Waals surface area contributed by atoms with Crippen LogP contribution in [0, 0.1) is 0 Å². The predicted molar refractivity (Wildman–Crippen MR) is 73.3 cm³/mol. The molecule has 1 aliphatic heterocycles. The lowest BCUT2D eigenvalue weighted by atomic mass is 10.2. The highest BCUT2D eigenvalue weighted by Crippen LogP contribution is 2.31. The van der Waals surface area contributed by atoms with E-state index >= 15 is 0 Å². The zero-order valence-electron chi connectivity index (χ0n) is 11.9. The Morgan fingerprint density at radius 1 is 1.36 bits per heavy atom. The van der Waals surface area contributed by atoms with Gasteiger partial charge in [-0.15, -0.1) is 0 Å². The first-order chi connectivity index (χ1) is 10.4. The Labute approximate surface area is 125 Å². The van der Waals surface area contributed by atoms with Crippen LogP contribution in [-0.2, 0) is 20.4 Å². The number of methoxy groups -OCH3 is 1. The van der Waals surface area contributed by atoms with E-state index in [0.717, 1.165) is 12.1 Å². The number of alkyl halides is 3. The number of morpholine rings is 1. The quantitative estimate of drug-likeness (QED) is 0.631. The summed E-state index contributed by atoms with van der Waals surface area (Å²) < 4.78 is 48.2. The van der Waals surface area contributed by atoms with E-state index in [1.54, 1.807) is 4.90 Å². The smallest absolute Gasteiger partial charge is 0.433 e. The Bertz CT molecular complexity index is 567. The Kier molecular flexibility index (Phi) is 5.02. The van der Waals surface area contributed by atoms with E-state index in [2.05, 4.69) is 9.72 Å². The average Bonchev–Trinajstić information content (AvgIpc) is 2.52. The number of nitrogens with zero attached hydrogens (tertiary/aromatic N) is 2. The first-order valence-corrected chi connectivity index (χ1v) is 6.59. The lowest BCUT2D eigenvalue weighted by Crippen LogP contribution is -2.37. The van der Waals surface area contributed by atoms with Crippen LogP contribution in [0.25, 0.3) is 6.08 Å². The van der Waals surface area contributed by atoms with E-state index in [1.165, 1.54) is 19.3 Å². The number of ether oxygens (including phenoxy) is 2. The van der Waals surface area contributed by atoms with Gasteiger partial charge in [-0.1, -0.05) is 0 Å². The van der Waals surface area contributed by atoms with Crippen molar-refractivity contribution < 1.29 is 27.4 Å². The second kappa shape index (κ2) is 6.78. The van der Waals surface area contributed by atoms with Gasteiger partial charge >= 0.3 is 12.1 Å². The highest BCUT2D eigenvalue weighted by molar-refractivity contribution is 5.88. The van der Waals surface area contributed by atoms with Gasteiger partial charge in [-0.05, 0) is 18.2 Å². The van der Waals surface area contributed by atoms with E-state index < -0.39 is 17.8 Å². The summed E-state index contributed by atoms with van der Waals surface area (Å²) in [5.74, 6) is -0.411. The maximum atomic E-state index is 12.8. The summed E-state index contributed by atoms with van der Waals surface area (Å²) in [6.07, 6.45) is -1.98. The van der Waals surface area contributed by atoms with Crippen LogP contribution in [0.1, 0.15) is 11.3 Å². The molecular weight excluding hydrogens is 301 g/mol. The maximum Gasteiger partial charge on any atom is 0.433 e. The van der Waals surface area contributed by atoms with E-state index in [0.29, 0.717) is 31.9 Å². The number of halogens is 3. The average molecular weight is 316 g/mol. The van der Waals surface area contributed by atoms with E-state index in [4.69, 9.17) is 4.74 Å². The normalized spacial score (nSPS) is 16.1. The molecule has 0 aliphatic carbocycles. The number of carbonyl (C=O) groups is 1. The molecule has 0 aromatic carbocycles. The van der Waals surface area contributed by atoms with Crippen molar-refractivity contribution in [1.82, 2.24) is 4.98 Å². The molecule has 0 N–H and O–H groups in total. The predicted octanol–water partition coefficient (Wildman–Crippen LogP) is 2.12. The number of hydrogen-bond acceptors (Lipinski definition) is 5. The molecule has 0 bridgehead atoms. The maximum absolute atomic E-state index is 12.8. The number of hydrogen-bond donors (Lipinski definition) is 0. The molecule has 120 valence electrons. The first-order valence-electron chi connectivity index (χ1n) is 6.59. The number of anilines is 1. The first kappa shape index (κ1) is 16.3. The number of pyridine rings is 1. The Morgan fingerprint density at radius 3 is 2.64 bits per heavy atom. The van der Waals surface area contributed by atoms with Crippen LogP contribution in [0.15, 0.2) is 18.2 Å². The number of rotatable bonds is 3. The van der Waals surface area contributed by atoms with Crippen LogP contribution < -0.4 is 4.90 Å². The molecule has 5 nitrogen and oxygen atoms in total. The second-order valence-corrected chi connectivity index (χ2v) is 4.56. The summed E-state index contributed by atoms with van der Waals surface area (Å²) in [6, 6.07) is 2.18. The van der Waals surface area contributed by atoms with Crippen LogP contribution in [0.3, 0.4) is 0 Å². The minimum atomic E-state index is -4.52. The number of carbonyl (C=O) groups excluding carboxylic acids is 1. The zero-order valence-corrected chi connectivity index (χ0v) is 11.9. The molecule has 0 unspecified atom stereocenters. The van der Waals surface area contributed by atoms with Gasteiger partial charge in [0.1, 0.15) is 11.5 Å². The SMILES string of the molecule is COC(=O)/C=C/c1ccc(C(F)(F)F)nc1N1CCOCC1. The molecule has 0 saturated carbocycles. The highest BCUT2D eigenvalue weighted by Gasteiger charge is 2.33. The molecule has 0 atom stereocenters. The topological polar surface area (TPSA) is 51.7 Å². The molecule has 22 heavy (non-hydrogen) atoms. The van der Waals surface area contributed by atoms with Crippen LogP contribution in [0.5, 0.6) is 0 Å². The van der Waals surface area contributed by atoms with Crippen LogP contribution >= 0.6 is 0 Å². The fraction of sp³-hybridized carbons (Fsp3) is 0.429. The lowest BCUT2D eigenvalue weighted by molar-refractivity contribution is -0.141. The van der Waals surface area contributed by atoms with Gasteiger partial charge in [-0.25, -0.2) is 9.78 Å². The Morgan fingerprint density at radius 2 is 2.05 bits per heavy atom. The van der Waals surface area contributed by atoms with Gasteiger partial charge in [0.25, 0.3) is 0 Å². The van der Waals surface area contributed by atoms with Gasteiger partial charge in [-0.2, -0.15) is 13.2 Å². The van der Waals surface area contributed by atoms with Crippen molar-refractivity contribution in [3.05, 3.63) is 29.5 Å². The zero-order chi connectivity index (χ0) is 16.2. The molecule has 1 fully saturated rings. The Hall–Kier alpha value is -2.09. The van der Waals surface area contributed by atoms with Crippen molar-refractivity contribution >= 4 is 17.9 Å². The van der Waals surface area contributed by atoms with E-state index in [-0.39, 0.29) is 5.82 Å². The van der Waals surface area contributed by atoms with Gasteiger partial charge in [0.2, 0.25) is 0 Å².